The quantitative estimate of drug-likeness (QED) is 0.0117. The van der Waals surface area contributed by atoms with E-state index in [1.165, 1.54) is 31.2 Å². The van der Waals surface area contributed by atoms with Crippen molar-refractivity contribution in [1.29, 1.82) is 0 Å². The average Bonchev–Trinajstić information content (AvgIpc) is 3.15. The molecule has 4 aromatic rings. The lowest BCUT2D eigenvalue weighted by molar-refractivity contribution is -0.434. The van der Waals surface area contributed by atoms with E-state index < -0.39 is 86.0 Å². The van der Waals surface area contributed by atoms with Gasteiger partial charge in [0.15, 0.2) is 37.7 Å². The second-order valence-corrected chi connectivity index (χ2v) is 19.0. The second-order valence-electron chi connectivity index (χ2n) is 11.1. The highest BCUT2D eigenvalue weighted by molar-refractivity contribution is 7.94. The number of rotatable bonds is 21. The highest BCUT2D eigenvalue weighted by atomic mass is 32.3. The molecule has 7 N–H and O–H groups in total. The largest absolute Gasteiger partial charge is 0.505 e. The zero-order chi connectivity index (χ0) is 43.8. The molecule has 0 heterocycles. The van der Waals surface area contributed by atoms with Gasteiger partial charge in [0.1, 0.15) is 27.7 Å². The summed E-state index contributed by atoms with van der Waals surface area (Å²) >= 11 is 0.467. The Kier molecular flexibility index (Phi) is 16.1. The van der Waals surface area contributed by atoms with Gasteiger partial charge in [0.05, 0.1) is 75.3 Å². The molecule has 0 spiro atoms. The van der Waals surface area contributed by atoms with Crippen molar-refractivity contribution in [3.05, 3.63) is 54.1 Å². The van der Waals surface area contributed by atoms with Crippen LogP contribution in [0.3, 0.4) is 0 Å². The van der Waals surface area contributed by atoms with Crippen LogP contribution in [0.5, 0.6) is 11.5 Å². The first-order chi connectivity index (χ1) is 27.6. The number of aromatic hydroxyl groups is 1. The van der Waals surface area contributed by atoms with Crippen molar-refractivity contribution < 1.29 is 90.2 Å². The smallest absolute Gasteiger partial charge is 0.397 e. The molecule has 31 heteroatoms. The first-order valence-electron chi connectivity index (χ1n) is 15.3. The summed E-state index contributed by atoms with van der Waals surface area (Å²) in [4.78, 5) is -1.58. The Morgan fingerprint density at radius 3 is 2.02 bits per heavy atom. The van der Waals surface area contributed by atoms with Gasteiger partial charge >= 0.3 is 10.4 Å². The zero-order valence-electron chi connectivity index (χ0n) is 29.6. The van der Waals surface area contributed by atoms with Crippen LogP contribution in [0.4, 0.5) is 28.4 Å². The molecular formula is C28H29N5O20S6. The molecule has 0 fully saturated rings. The minimum absolute atomic E-state index is 0.0293. The van der Waals surface area contributed by atoms with Crippen LogP contribution in [-0.4, -0.2) is 90.2 Å². The van der Waals surface area contributed by atoms with Gasteiger partial charge in [-0.2, -0.15) is 21.9 Å². The van der Waals surface area contributed by atoms with Gasteiger partial charge in [-0.15, -0.1) is 24.0 Å². The first-order valence-corrected chi connectivity index (χ1v) is 22.9. The lowest BCUT2D eigenvalue weighted by Gasteiger charge is -2.14. The van der Waals surface area contributed by atoms with Gasteiger partial charge in [-0.05, 0) is 60.3 Å². The number of methoxy groups -OCH3 is 1. The van der Waals surface area contributed by atoms with E-state index in [-0.39, 0.29) is 79.1 Å². The van der Waals surface area contributed by atoms with Crippen molar-refractivity contribution in [3.8, 4) is 11.5 Å². The van der Waals surface area contributed by atoms with Crippen LogP contribution in [0, 0.1) is 6.92 Å². The zero-order valence-corrected chi connectivity index (χ0v) is 34.5. The number of nitrogens with two attached hydrogens (primary N) is 1. The maximum Gasteiger partial charge on any atom is 0.397 e. The molecule has 0 bridgehead atoms. The van der Waals surface area contributed by atoms with E-state index >= 15 is 0 Å². The molecule has 0 aliphatic rings. The van der Waals surface area contributed by atoms with Crippen LogP contribution in [0.25, 0.3) is 10.8 Å². The molecule has 0 aliphatic heterocycles. The van der Waals surface area contributed by atoms with Crippen molar-refractivity contribution >= 4 is 104 Å². The van der Waals surface area contributed by atoms with E-state index in [4.69, 9.17) is 29.7 Å². The Hall–Kier alpha value is -4.16. The molecule has 0 atom stereocenters. The third-order valence-electron chi connectivity index (χ3n) is 7.40. The van der Waals surface area contributed by atoms with Gasteiger partial charge in [-0.1, -0.05) is 10.1 Å². The average molecular weight is 948 g/mol. The third-order valence-corrected chi connectivity index (χ3v) is 13.2. The van der Waals surface area contributed by atoms with Gasteiger partial charge in [-0.25, -0.2) is 31.5 Å². The molecule has 322 valence electrons. The Morgan fingerprint density at radius 1 is 0.763 bits per heavy atom. The Balaban J connectivity index is 1.78. The van der Waals surface area contributed by atoms with Gasteiger partial charge in [0.2, 0.25) is 0 Å². The maximum atomic E-state index is 12.9. The Bertz CT molecular complexity index is 2700. The van der Waals surface area contributed by atoms with Crippen molar-refractivity contribution in [2.75, 3.05) is 37.6 Å². The number of nitrogens with zero attached hydrogens (tertiary/aromatic N) is 4. The fraction of sp³-hybridized carbons (Fsp3) is 0.214. The number of phenolic OH excluding ortho intramolecular Hbond substituents is 1. The number of sulfone groups is 2. The van der Waals surface area contributed by atoms with Gasteiger partial charge < -0.3 is 15.6 Å². The molecule has 0 radical (unpaired) electrons. The summed E-state index contributed by atoms with van der Waals surface area (Å²) in [6.07, 6.45) is 0. The minimum Gasteiger partial charge on any atom is -0.505 e. The summed E-state index contributed by atoms with van der Waals surface area (Å²) in [7, 11) is -17.1. The molecule has 0 saturated carbocycles. The normalized spacial score (nSPS) is 12.9. The molecule has 4 aromatic carbocycles. The SMILES string of the molecule is COc1cc(S(=O)(=O)CCOS(=O)(=O)O)c(C)cc1N=Nc1c(S(=O)(=O)O)cc2cc(SOOO)c(N=Nc3ccc(S(=O)(=O)CCOSOOO)cc3)c(O)c2c1N. The number of azo groups is 2. The van der Waals surface area contributed by atoms with E-state index in [1.54, 1.807) is 0 Å². The topological polar surface area (TPSA) is 378 Å². The molecule has 0 saturated heterocycles. The Labute approximate surface area is 342 Å². The fourth-order valence-electron chi connectivity index (χ4n) is 4.87. The Morgan fingerprint density at radius 2 is 1.41 bits per heavy atom. The van der Waals surface area contributed by atoms with Crippen LogP contribution in [-0.2, 0) is 67.3 Å². The van der Waals surface area contributed by atoms with Crippen LogP contribution in [0.2, 0.25) is 0 Å². The summed E-state index contributed by atoms with van der Waals surface area (Å²) in [6.45, 7) is 0.0765. The number of hydrogen-bond acceptors (Lipinski definition) is 25. The number of anilines is 1. The molecule has 0 aliphatic carbocycles. The van der Waals surface area contributed by atoms with Crippen LogP contribution >= 0.6 is 24.4 Å². The summed E-state index contributed by atoms with van der Waals surface area (Å²) in [5.74, 6) is -2.38. The highest BCUT2D eigenvalue weighted by Gasteiger charge is 2.27. The van der Waals surface area contributed by atoms with E-state index in [0.29, 0.717) is 0 Å². The summed E-state index contributed by atoms with van der Waals surface area (Å²) in [5.41, 5.74) is 4.51. The summed E-state index contributed by atoms with van der Waals surface area (Å²) in [6, 6.07) is 9.08. The highest BCUT2D eigenvalue weighted by Crippen LogP contribution is 2.50. The predicted octanol–water partition coefficient (Wildman–Crippen LogP) is 5.32. The van der Waals surface area contributed by atoms with Crippen LogP contribution in [0.15, 0.2) is 88.6 Å². The molecular weight excluding hydrogens is 919 g/mol. The van der Waals surface area contributed by atoms with Crippen molar-refractivity contribution in [3.63, 3.8) is 0 Å². The molecule has 0 amide bonds. The van der Waals surface area contributed by atoms with Crippen molar-refractivity contribution in [2.45, 2.75) is 26.5 Å². The van der Waals surface area contributed by atoms with Gasteiger partial charge in [0, 0.05) is 6.07 Å². The summed E-state index contributed by atoms with van der Waals surface area (Å²) < 4.78 is 139. The minimum atomic E-state index is -5.16. The number of hydrogen-bond donors (Lipinski definition) is 6. The molecule has 0 unspecified atom stereocenters. The summed E-state index contributed by atoms with van der Waals surface area (Å²) in [5, 5.41) is 50.6. The second kappa shape index (κ2) is 19.9. The number of ether oxygens (including phenoxy) is 1. The van der Waals surface area contributed by atoms with E-state index in [1.807, 2.05) is 0 Å². The first kappa shape index (κ1) is 47.5. The number of phenols is 1. The standard InChI is InChI=1S/C28H29N5O20S6/c1-15-11-19(20(47-2)14-22(15)57(39,40)10-8-49-59(44,45)46)31-33-27-23(58(41,42)43)13-16-12-21(54-52-50-35)26(28(34)24(16)25(27)29)32-30-17-3-5-18(6-4-17)56(37,38)9-7-48-55-53-51-36/h3-6,11-14,34-36H,7-10,29H2,1-2H3,(H,41,42,43)(H,44,45,46). The number of fused-ring (bicyclic) bond motifs is 1. The number of benzene rings is 4. The fourth-order valence-corrected chi connectivity index (χ4v) is 9.21. The lowest BCUT2D eigenvalue weighted by atomic mass is 10.1. The molecule has 59 heavy (non-hydrogen) atoms. The number of nitrogen functional groups attached to an aromatic ring is 1. The molecule has 0 aromatic heterocycles. The number of aryl methyl sites for hydroxylation is 1. The van der Waals surface area contributed by atoms with Crippen molar-refractivity contribution in [2.24, 2.45) is 20.5 Å². The van der Waals surface area contributed by atoms with E-state index in [0.717, 1.165) is 31.4 Å². The third kappa shape index (κ3) is 12.4. The lowest BCUT2D eigenvalue weighted by Crippen LogP contribution is -2.16. The van der Waals surface area contributed by atoms with E-state index in [2.05, 4.69) is 43.4 Å². The molecule has 25 nitrogen and oxygen atoms in total. The predicted molar refractivity (Wildman–Crippen MR) is 203 cm³/mol. The maximum absolute atomic E-state index is 12.9. The van der Waals surface area contributed by atoms with Crippen LogP contribution < -0.4 is 10.5 Å². The monoisotopic (exact) mass is 947 g/mol. The van der Waals surface area contributed by atoms with Crippen LogP contribution in [0.1, 0.15) is 5.56 Å². The van der Waals surface area contributed by atoms with Gasteiger partial charge in [0.25, 0.3) is 10.1 Å². The van der Waals surface area contributed by atoms with Gasteiger partial charge in [-0.3, -0.25) is 13.3 Å². The van der Waals surface area contributed by atoms with Crippen molar-refractivity contribution in [1.82, 2.24) is 0 Å². The molecule has 4 rings (SSSR count). The van der Waals surface area contributed by atoms with E-state index in [9.17, 15) is 43.3 Å².